The van der Waals surface area contributed by atoms with Crippen molar-refractivity contribution >= 4 is 17.4 Å². The van der Waals surface area contributed by atoms with Crippen LogP contribution in [0.4, 0.5) is 0 Å². The van der Waals surface area contributed by atoms with E-state index in [-0.39, 0.29) is 11.3 Å². The molecule has 9 nitrogen and oxygen atoms in total. The van der Waals surface area contributed by atoms with E-state index in [1.807, 2.05) is 0 Å². The van der Waals surface area contributed by atoms with Gasteiger partial charge in [0.1, 0.15) is 35.7 Å². The minimum atomic E-state index is -1.45. The summed E-state index contributed by atoms with van der Waals surface area (Å²) in [5, 5.41) is 41.7. The van der Waals surface area contributed by atoms with Crippen molar-refractivity contribution in [2.24, 2.45) is 0 Å². The van der Waals surface area contributed by atoms with Crippen LogP contribution in [0.15, 0.2) is 53.5 Å². The van der Waals surface area contributed by atoms with Gasteiger partial charge < -0.3 is 35.2 Å². The molecule has 1 aromatic carbocycles. The second kappa shape index (κ2) is 9.11. The van der Waals surface area contributed by atoms with Crippen molar-refractivity contribution in [1.29, 1.82) is 0 Å². The number of benzene rings is 1. The maximum absolute atomic E-state index is 11.6. The Morgan fingerprint density at radius 3 is 2.63 bits per heavy atom. The number of aliphatic carboxylic acids is 1. The molecule has 1 aromatic rings. The Bertz CT molecular complexity index is 971. The van der Waals surface area contributed by atoms with Crippen LogP contribution in [0.5, 0.6) is 5.75 Å². The fourth-order valence-corrected chi connectivity index (χ4v) is 3.20. The summed E-state index contributed by atoms with van der Waals surface area (Å²) in [4.78, 5) is 22.8. The standard InChI is InChI=1S/C21H21NO8/c1-11(24)22-17-19(26)18(25)16(10-23)30-21(17)29-15-8-3-2-7-14(15)12-5-4-6-13(9-12)20(27)28/h2-3,5,7-9,16-19,21,23,25-26H,10H2,1H3,(H,22,24)(H,27,28). The Morgan fingerprint density at radius 1 is 1.23 bits per heavy atom. The largest absolute Gasteiger partial charge is 0.477 e. The van der Waals surface area contributed by atoms with E-state index in [1.165, 1.54) is 19.1 Å². The molecule has 2 aliphatic rings. The van der Waals surface area contributed by atoms with Crippen LogP contribution in [0.2, 0.25) is 0 Å². The lowest BCUT2D eigenvalue weighted by atomic mass is 9.96. The number of para-hydroxylation sites is 1. The number of allylic oxidation sites excluding steroid dienone is 2. The zero-order valence-electron chi connectivity index (χ0n) is 16.0. The molecule has 5 unspecified atom stereocenters. The minimum absolute atomic E-state index is 0.0776. The van der Waals surface area contributed by atoms with Crippen LogP contribution in [0, 0.1) is 0 Å². The summed E-state index contributed by atoms with van der Waals surface area (Å²) in [6.07, 6.45) is -2.29. The third-order valence-electron chi connectivity index (χ3n) is 4.66. The number of ether oxygens (including phenoxy) is 2. The summed E-state index contributed by atoms with van der Waals surface area (Å²) in [6.45, 7) is 0.671. The van der Waals surface area contributed by atoms with Crippen molar-refractivity contribution in [3.8, 4) is 5.75 Å². The van der Waals surface area contributed by atoms with Gasteiger partial charge in [0.15, 0.2) is 0 Å². The molecular weight excluding hydrogens is 394 g/mol. The van der Waals surface area contributed by atoms with Crippen LogP contribution in [0.25, 0.3) is 5.57 Å². The molecule has 1 fully saturated rings. The molecule has 0 radical (unpaired) electrons. The van der Waals surface area contributed by atoms with Crippen LogP contribution in [-0.4, -0.2) is 69.6 Å². The molecule has 30 heavy (non-hydrogen) atoms. The van der Waals surface area contributed by atoms with E-state index < -0.39 is 49.1 Å². The van der Waals surface area contributed by atoms with Crippen LogP contribution in [-0.2, 0) is 14.3 Å². The number of aliphatic hydroxyl groups excluding tert-OH is 3. The third kappa shape index (κ3) is 4.53. The van der Waals surface area contributed by atoms with Crippen molar-refractivity contribution in [3.63, 3.8) is 0 Å². The molecule has 1 amide bonds. The van der Waals surface area contributed by atoms with Gasteiger partial charge in [-0.2, -0.15) is 0 Å². The molecule has 1 aliphatic heterocycles. The number of carbonyl (C=O) groups is 2. The number of carboxylic acids is 1. The van der Waals surface area contributed by atoms with Gasteiger partial charge in [0.25, 0.3) is 0 Å². The quantitative estimate of drug-likeness (QED) is 0.399. The highest BCUT2D eigenvalue weighted by molar-refractivity contribution is 5.95. The van der Waals surface area contributed by atoms with Gasteiger partial charge in [-0.05, 0) is 23.8 Å². The smallest absolute Gasteiger partial charge is 0.344 e. The van der Waals surface area contributed by atoms with Crippen LogP contribution < -0.4 is 10.1 Å². The molecule has 5 N–H and O–H groups in total. The fraction of sp³-hybridized carbons (Fsp3) is 0.333. The summed E-state index contributed by atoms with van der Waals surface area (Å²) in [7, 11) is 0. The summed E-state index contributed by atoms with van der Waals surface area (Å²) in [5.41, 5.74) is 6.08. The van der Waals surface area contributed by atoms with Crippen molar-refractivity contribution in [2.45, 2.75) is 37.6 Å². The number of rotatable bonds is 6. The second-order valence-corrected chi connectivity index (χ2v) is 6.78. The van der Waals surface area contributed by atoms with Crippen LogP contribution in [0.3, 0.4) is 0 Å². The van der Waals surface area contributed by atoms with E-state index in [4.69, 9.17) is 9.47 Å². The Hall–Kier alpha value is -3.16. The van der Waals surface area contributed by atoms with E-state index in [2.05, 4.69) is 16.8 Å². The maximum Gasteiger partial charge on any atom is 0.344 e. The van der Waals surface area contributed by atoms with Crippen molar-refractivity contribution in [3.05, 3.63) is 59.0 Å². The molecule has 9 heteroatoms. The molecule has 0 saturated carbocycles. The number of aliphatic hydroxyl groups is 3. The average Bonchev–Trinajstić information content (AvgIpc) is 2.73. The lowest BCUT2D eigenvalue weighted by molar-refractivity contribution is -0.244. The first kappa shape index (κ1) is 21.5. The predicted octanol–water partition coefficient (Wildman–Crippen LogP) is -0.273. The summed E-state index contributed by atoms with van der Waals surface area (Å²) in [6, 6.07) is 5.59. The van der Waals surface area contributed by atoms with E-state index in [1.54, 1.807) is 24.3 Å². The van der Waals surface area contributed by atoms with Gasteiger partial charge in [0, 0.05) is 12.5 Å². The fourth-order valence-electron chi connectivity index (χ4n) is 3.20. The molecule has 0 spiro atoms. The molecule has 1 saturated heterocycles. The van der Waals surface area contributed by atoms with Gasteiger partial charge in [-0.1, -0.05) is 29.7 Å². The van der Waals surface area contributed by atoms with E-state index >= 15 is 0 Å². The Balaban J connectivity index is 1.93. The molecule has 5 atom stereocenters. The van der Waals surface area contributed by atoms with Crippen LogP contribution in [0.1, 0.15) is 12.5 Å². The normalized spacial score (nSPS) is 27.8. The number of hydrogen-bond donors (Lipinski definition) is 5. The first-order chi connectivity index (χ1) is 14.3. The summed E-state index contributed by atoms with van der Waals surface area (Å²) >= 11 is 0. The zero-order valence-corrected chi connectivity index (χ0v) is 16.0. The number of carboxylic acid groups (broad SMARTS) is 1. The highest BCUT2D eigenvalue weighted by atomic mass is 16.7. The van der Waals surface area contributed by atoms with Crippen molar-refractivity contribution in [1.82, 2.24) is 5.32 Å². The highest BCUT2D eigenvalue weighted by Gasteiger charge is 2.46. The van der Waals surface area contributed by atoms with E-state index in [0.717, 1.165) is 0 Å². The number of carbonyl (C=O) groups excluding carboxylic acids is 1. The Morgan fingerprint density at radius 2 is 1.97 bits per heavy atom. The Labute approximate surface area is 171 Å². The summed E-state index contributed by atoms with van der Waals surface area (Å²) in [5.74, 6) is -1.36. The van der Waals surface area contributed by atoms with E-state index in [9.17, 15) is 30.0 Å². The van der Waals surface area contributed by atoms with Gasteiger partial charge in [-0.15, -0.1) is 0 Å². The lowest BCUT2D eigenvalue weighted by Crippen LogP contribution is -2.65. The zero-order chi connectivity index (χ0) is 21.8. The molecule has 0 aromatic heterocycles. The van der Waals surface area contributed by atoms with Gasteiger partial charge in [0.2, 0.25) is 12.2 Å². The van der Waals surface area contributed by atoms with Crippen molar-refractivity contribution < 1.29 is 39.5 Å². The van der Waals surface area contributed by atoms with Gasteiger partial charge in [-0.25, -0.2) is 4.79 Å². The van der Waals surface area contributed by atoms with Gasteiger partial charge >= 0.3 is 5.97 Å². The number of nitrogens with one attached hydrogen (secondary N) is 1. The van der Waals surface area contributed by atoms with Crippen molar-refractivity contribution in [2.75, 3.05) is 6.61 Å². The Kier molecular flexibility index (Phi) is 6.54. The topological polar surface area (TPSA) is 146 Å². The molecule has 1 aliphatic carbocycles. The van der Waals surface area contributed by atoms with E-state index in [0.29, 0.717) is 11.1 Å². The minimum Gasteiger partial charge on any atom is -0.477 e. The third-order valence-corrected chi connectivity index (χ3v) is 4.66. The molecule has 158 valence electrons. The molecule has 3 rings (SSSR count). The monoisotopic (exact) mass is 415 g/mol. The first-order valence-corrected chi connectivity index (χ1v) is 9.14. The summed E-state index contributed by atoms with van der Waals surface area (Å²) < 4.78 is 11.5. The van der Waals surface area contributed by atoms with Gasteiger partial charge in [0.05, 0.1) is 6.61 Å². The predicted molar refractivity (Wildman–Crippen MR) is 103 cm³/mol. The maximum atomic E-state index is 11.6. The first-order valence-electron chi connectivity index (χ1n) is 9.14. The number of hydrogen-bond acceptors (Lipinski definition) is 7. The van der Waals surface area contributed by atoms with Crippen LogP contribution >= 0.6 is 0 Å². The molecule has 0 bridgehead atoms. The second-order valence-electron chi connectivity index (χ2n) is 6.78. The molecular formula is C21H21NO8. The average molecular weight is 415 g/mol. The van der Waals surface area contributed by atoms with Gasteiger partial charge in [-0.3, -0.25) is 4.79 Å². The lowest BCUT2D eigenvalue weighted by Gasteiger charge is -2.42. The highest BCUT2D eigenvalue weighted by Crippen LogP contribution is 2.32. The SMILES string of the molecule is CC(=O)NC1C(Oc2ccccc2C2=CC(C(=O)O)=C=C=C2)OC(CO)C(O)C1O. The molecule has 1 heterocycles. The number of amides is 1.